The van der Waals surface area contributed by atoms with Gasteiger partial charge in [0.1, 0.15) is 0 Å². The molecule has 0 aliphatic carbocycles. The summed E-state index contributed by atoms with van der Waals surface area (Å²) in [4.78, 5) is 14.6. The first-order chi connectivity index (χ1) is 18.8. The summed E-state index contributed by atoms with van der Waals surface area (Å²) >= 11 is 0. The quantitative estimate of drug-likeness (QED) is 0.242. The fraction of sp³-hybridized carbons (Fsp3) is 0.182. The second kappa shape index (κ2) is 9.88. The van der Waals surface area contributed by atoms with Crippen LogP contribution in [0.15, 0.2) is 109 Å². The molecule has 1 fully saturated rings. The smallest absolute Gasteiger partial charge is 0.399 e. The molecular formula is C33H30BN3O2. The van der Waals surface area contributed by atoms with E-state index in [9.17, 15) is 0 Å². The predicted molar refractivity (Wildman–Crippen MR) is 157 cm³/mol. The van der Waals surface area contributed by atoms with E-state index in [0.29, 0.717) is 17.5 Å². The Kier molecular flexibility index (Phi) is 6.38. The maximum absolute atomic E-state index is 6.40. The van der Waals surface area contributed by atoms with Gasteiger partial charge in [-0.25, -0.2) is 15.0 Å². The summed E-state index contributed by atoms with van der Waals surface area (Å²) in [5.41, 5.74) is 5.06. The minimum atomic E-state index is -0.457. The first-order valence-corrected chi connectivity index (χ1v) is 13.2. The summed E-state index contributed by atoms with van der Waals surface area (Å²) in [5.74, 6) is 1.91. The molecule has 1 aromatic heterocycles. The molecule has 0 saturated carbocycles. The second-order valence-corrected chi connectivity index (χ2v) is 10.8. The summed E-state index contributed by atoms with van der Waals surface area (Å²) in [6.45, 7) is 8.30. The molecule has 192 valence electrons. The largest absolute Gasteiger partial charge is 0.495 e. The van der Waals surface area contributed by atoms with Gasteiger partial charge in [-0.05, 0) is 50.4 Å². The van der Waals surface area contributed by atoms with Crippen LogP contribution in [-0.2, 0) is 9.31 Å². The Balaban J connectivity index is 1.44. The number of benzene rings is 4. The van der Waals surface area contributed by atoms with Crippen molar-refractivity contribution in [3.8, 4) is 45.3 Å². The first-order valence-electron chi connectivity index (χ1n) is 13.2. The van der Waals surface area contributed by atoms with Crippen molar-refractivity contribution < 1.29 is 9.31 Å². The van der Waals surface area contributed by atoms with Crippen molar-refractivity contribution in [2.75, 3.05) is 0 Å². The average Bonchev–Trinajstić information content (AvgIpc) is 3.20. The number of hydrogen-bond donors (Lipinski definition) is 0. The maximum atomic E-state index is 6.40. The molecule has 39 heavy (non-hydrogen) atoms. The van der Waals surface area contributed by atoms with Gasteiger partial charge in [-0.3, -0.25) is 0 Å². The molecule has 4 aromatic carbocycles. The molecule has 0 radical (unpaired) electrons. The van der Waals surface area contributed by atoms with Gasteiger partial charge in [-0.2, -0.15) is 0 Å². The second-order valence-electron chi connectivity index (χ2n) is 10.8. The molecule has 0 amide bonds. The third kappa shape index (κ3) is 4.89. The molecule has 6 rings (SSSR count). The van der Waals surface area contributed by atoms with E-state index in [4.69, 9.17) is 24.3 Å². The lowest BCUT2D eigenvalue weighted by Gasteiger charge is -2.32. The van der Waals surface area contributed by atoms with Crippen LogP contribution in [0, 0.1) is 0 Å². The Labute approximate surface area is 230 Å². The van der Waals surface area contributed by atoms with E-state index in [1.54, 1.807) is 0 Å². The highest BCUT2D eigenvalue weighted by molar-refractivity contribution is 6.63. The van der Waals surface area contributed by atoms with Gasteiger partial charge in [0.15, 0.2) is 17.5 Å². The highest BCUT2D eigenvalue weighted by atomic mass is 16.7. The Hall–Kier alpha value is -4.13. The summed E-state index contributed by atoms with van der Waals surface area (Å²) in [6.07, 6.45) is 0. The Bertz CT molecular complexity index is 1550. The van der Waals surface area contributed by atoms with E-state index in [0.717, 1.165) is 33.3 Å². The van der Waals surface area contributed by atoms with Crippen LogP contribution in [0.1, 0.15) is 27.7 Å². The zero-order valence-electron chi connectivity index (χ0n) is 22.6. The molecule has 5 nitrogen and oxygen atoms in total. The van der Waals surface area contributed by atoms with Gasteiger partial charge >= 0.3 is 7.12 Å². The average molecular weight is 511 g/mol. The number of nitrogens with zero attached hydrogens (tertiary/aromatic N) is 3. The van der Waals surface area contributed by atoms with E-state index in [2.05, 4.69) is 52.0 Å². The zero-order chi connectivity index (χ0) is 27.0. The van der Waals surface area contributed by atoms with Crippen LogP contribution in [-0.4, -0.2) is 33.3 Å². The lowest BCUT2D eigenvalue weighted by molar-refractivity contribution is 0.00578. The summed E-state index contributed by atoms with van der Waals surface area (Å²) in [5, 5.41) is 0. The predicted octanol–water partition coefficient (Wildman–Crippen LogP) is 6.84. The minimum Gasteiger partial charge on any atom is -0.399 e. The van der Waals surface area contributed by atoms with E-state index < -0.39 is 18.3 Å². The summed E-state index contributed by atoms with van der Waals surface area (Å²) in [6, 6.07) is 36.6. The third-order valence-electron chi connectivity index (χ3n) is 7.60. The van der Waals surface area contributed by atoms with Crippen molar-refractivity contribution in [1.29, 1.82) is 0 Å². The van der Waals surface area contributed by atoms with Crippen LogP contribution in [0.2, 0.25) is 0 Å². The number of aromatic nitrogens is 3. The molecule has 0 atom stereocenters. The molecule has 2 heterocycles. The Morgan fingerprint density at radius 3 is 1.49 bits per heavy atom. The normalized spacial score (nSPS) is 15.8. The van der Waals surface area contributed by atoms with E-state index in [1.807, 2.05) is 84.9 Å². The van der Waals surface area contributed by atoms with Crippen LogP contribution in [0.25, 0.3) is 45.3 Å². The van der Waals surface area contributed by atoms with Gasteiger partial charge in [0, 0.05) is 16.7 Å². The van der Waals surface area contributed by atoms with Crippen molar-refractivity contribution in [3.05, 3.63) is 109 Å². The highest BCUT2D eigenvalue weighted by Crippen LogP contribution is 2.37. The lowest BCUT2D eigenvalue weighted by Crippen LogP contribution is -2.41. The fourth-order valence-corrected chi connectivity index (χ4v) is 4.70. The Morgan fingerprint density at radius 1 is 0.487 bits per heavy atom. The zero-order valence-corrected chi connectivity index (χ0v) is 22.6. The number of hydrogen-bond acceptors (Lipinski definition) is 5. The molecule has 0 spiro atoms. The lowest BCUT2D eigenvalue weighted by atomic mass is 9.74. The van der Waals surface area contributed by atoms with Gasteiger partial charge in [0.25, 0.3) is 0 Å². The maximum Gasteiger partial charge on any atom is 0.495 e. The van der Waals surface area contributed by atoms with Crippen molar-refractivity contribution >= 4 is 12.6 Å². The molecule has 1 aliphatic rings. The van der Waals surface area contributed by atoms with Gasteiger partial charge in [0.05, 0.1) is 11.2 Å². The van der Waals surface area contributed by atoms with Crippen LogP contribution in [0.5, 0.6) is 0 Å². The monoisotopic (exact) mass is 511 g/mol. The van der Waals surface area contributed by atoms with Gasteiger partial charge in [-0.15, -0.1) is 0 Å². The summed E-state index contributed by atoms with van der Waals surface area (Å²) in [7, 11) is -0.457. The van der Waals surface area contributed by atoms with Crippen molar-refractivity contribution in [3.63, 3.8) is 0 Å². The Morgan fingerprint density at radius 2 is 0.923 bits per heavy atom. The van der Waals surface area contributed by atoms with Crippen molar-refractivity contribution in [2.45, 2.75) is 38.9 Å². The van der Waals surface area contributed by atoms with Crippen molar-refractivity contribution in [1.82, 2.24) is 15.0 Å². The standard InChI is InChI=1S/C33H30BN3O2/c1-32(2)33(3,4)39-34(38-32)28-21-12-11-20-27(28)25-18-13-19-26(22-25)31-36-29(23-14-7-5-8-15-23)35-30(37-31)24-16-9-6-10-17-24/h5-22H,1-4H3. The minimum absolute atomic E-state index is 0.417. The van der Waals surface area contributed by atoms with E-state index >= 15 is 0 Å². The molecule has 1 aliphatic heterocycles. The van der Waals surface area contributed by atoms with E-state index in [-0.39, 0.29) is 0 Å². The molecular weight excluding hydrogens is 481 g/mol. The first kappa shape index (κ1) is 25.2. The van der Waals surface area contributed by atoms with Crippen LogP contribution < -0.4 is 5.46 Å². The van der Waals surface area contributed by atoms with Gasteiger partial charge in [0.2, 0.25) is 0 Å². The van der Waals surface area contributed by atoms with Crippen LogP contribution >= 0.6 is 0 Å². The molecule has 0 N–H and O–H groups in total. The molecule has 0 unspecified atom stereocenters. The molecule has 0 bridgehead atoms. The third-order valence-corrected chi connectivity index (χ3v) is 7.60. The molecule has 6 heteroatoms. The van der Waals surface area contributed by atoms with E-state index in [1.165, 1.54) is 0 Å². The fourth-order valence-electron chi connectivity index (χ4n) is 4.70. The highest BCUT2D eigenvalue weighted by Gasteiger charge is 2.52. The summed E-state index contributed by atoms with van der Waals surface area (Å²) < 4.78 is 12.8. The topological polar surface area (TPSA) is 57.1 Å². The van der Waals surface area contributed by atoms with Gasteiger partial charge in [-0.1, -0.05) is 103 Å². The molecule has 1 saturated heterocycles. The number of rotatable bonds is 5. The SMILES string of the molecule is CC1(C)OB(c2ccccc2-c2cccc(-c3nc(-c4ccccc4)nc(-c4ccccc4)n3)c2)OC1(C)C. The van der Waals surface area contributed by atoms with Crippen LogP contribution in [0.3, 0.4) is 0 Å². The molecule has 5 aromatic rings. The van der Waals surface area contributed by atoms with Crippen LogP contribution in [0.4, 0.5) is 0 Å². The van der Waals surface area contributed by atoms with Gasteiger partial charge < -0.3 is 9.31 Å². The van der Waals surface area contributed by atoms with Crippen molar-refractivity contribution in [2.24, 2.45) is 0 Å².